The quantitative estimate of drug-likeness (QED) is 0.669. The molecule has 0 amide bonds. The molecule has 1 N–H and O–H groups in total. The molecule has 0 radical (unpaired) electrons. The minimum absolute atomic E-state index is 0.124. The van der Waals surface area contributed by atoms with Crippen LogP contribution in [0.5, 0.6) is 0 Å². The molecule has 1 unspecified atom stereocenters. The summed E-state index contributed by atoms with van der Waals surface area (Å²) in [7, 11) is 0. The summed E-state index contributed by atoms with van der Waals surface area (Å²) >= 11 is 12.1. The fraction of sp³-hybridized carbons (Fsp3) is 0.118. The van der Waals surface area contributed by atoms with E-state index in [1.807, 2.05) is 36.5 Å². The van der Waals surface area contributed by atoms with E-state index in [9.17, 15) is 0 Å². The third kappa shape index (κ3) is 2.97. The average Bonchev–Trinajstić information content (AvgIpc) is 2.50. The van der Waals surface area contributed by atoms with E-state index in [4.69, 9.17) is 23.2 Å². The van der Waals surface area contributed by atoms with Crippen LogP contribution in [0, 0.1) is 0 Å². The highest BCUT2D eigenvalue weighted by molar-refractivity contribution is 6.42. The van der Waals surface area contributed by atoms with Crippen molar-refractivity contribution < 1.29 is 0 Å². The van der Waals surface area contributed by atoms with Crippen molar-refractivity contribution >= 4 is 39.7 Å². The molecule has 0 bridgehead atoms. The predicted octanol–water partition coefficient (Wildman–Crippen LogP) is 5.71. The van der Waals surface area contributed by atoms with Gasteiger partial charge in [0, 0.05) is 34.9 Å². The van der Waals surface area contributed by atoms with Crippen LogP contribution in [0.15, 0.2) is 54.9 Å². The van der Waals surface area contributed by atoms with Gasteiger partial charge in [0.25, 0.3) is 0 Å². The zero-order valence-electron chi connectivity index (χ0n) is 11.5. The maximum absolute atomic E-state index is 6.09. The fourth-order valence-electron chi connectivity index (χ4n) is 2.35. The summed E-state index contributed by atoms with van der Waals surface area (Å²) in [6.07, 6.45) is 3.67. The summed E-state index contributed by atoms with van der Waals surface area (Å²) in [4.78, 5) is 4.15. The first kappa shape index (κ1) is 14.2. The molecule has 2 aromatic carbocycles. The summed E-state index contributed by atoms with van der Waals surface area (Å²) in [5.74, 6) is 0. The van der Waals surface area contributed by atoms with Crippen molar-refractivity contribution in [2.45, 2.75) is 13.0 Å². The number of benzene rings is 2. The molecule has 106 valence electrons. The summed E-state index contributed by atoms with van der Waals surface area (Å²) in [6.45, 7) is 2.10. The van der Waals surface area contributed by atoms with Gasteiger partial charge < -0.3 is 5.32 Å². The lowest BCUT2D eigenvalue weighted by atomic mass is 10.1. The number of fused-ring (bicyclic) bond motifs is 1. The highest BCUT2D eigenvalue weighted by Gasteiger charge is 2.09. The predicted molar refractivity (Wildman–Crippen MR) is 90.2 cm³/mol. The maximum atomic E-state index is 6.09. The van der Waals surface area contributed by atoms with Crippen LogP contribution < -0.4 is 5.32 Å². The number of halogens is 2. The minimum Gasteiger partial charge on any atom is -0.378 e. The number of pyridine rings is 1. The molecular formula is C17H14Cl2N2. The Balaban J connectivity index is 1.92. The summed E-state index contributed by atoms with van der Waals surface area (Å²) in [5, 5.41) is 6.93. The van der Waals surface area contributed by atoms with Crippen molar-refractivity contribution in [3.8, 4) is 0 Å². The van der Waals surface area contributed by atoms with Crippen LogP contribution in [0.25, 0.3) is 10.8 Å². The standard InChI is InChI=1S/C17H14Cl2N2/c1-11(12-5-6-15(18)16(19)9-12)21-17-4-2-3-13-10-20-8-7-14(13)17/h2-11,21H,1H3. The molecule has 0 spiro atoms. The Morgan fingerprint density at radius 3 is 2.71 bits per heavy atom. The van der Waals surface area contributed by atoms with Crippen molar-refractivity contribution in [3.05, 3.63) is 70.5 Å². The topological polar surface area (TPSA) is 24.9 Å². The van der Waals surface area contributed by atoms with Gasteiger partial charge in [-0.3, -0.25) is 4.98 Å². The van der Waals surface area contributed by atoms with E-state index in [1.165, 1.54) is 0 Å². The van der Waals surface area contributed by atoms with Gasteiger partial charge >= 0.3 is 0 Å². The highest BCUT2D eigenvalue weighted by atomic mass is 35.5. The Kier molecular flexibility index (Phi) is 4.00. The van der Waals surface area contributed by atoms with Gasteiger partial charge in [-0.25, -0.2) is 0 Å². The molecule has 0 fully saturated rings. The van der Waals surface area contributed by atoms with E-state index in [0.717, 1.165) is 22.0 Å². The van der Waals surface area contributed by atoms with Gasteiger partial charge in [0.15, 0.2) is 0 Å². The number of hydrogen-bond acceptors (Lipinski definition) is 2. The largest absolute Gasteiger partial charge is 0.378 e. The fourth-order valence-corrected chi connectivity index (χ4v) is 2.65. The lowest BCUT2D eigenvalue weighted by molar-refractivity contribution is 0.887. The van der Waals surface area contributed by atoms with Crippen molar-refractivity contribution in [3.63, 3.8) is 0 Å². The van der Waals surface area contributed by atoms with Gasteiger partial charge in [-0.2, -0.15) is 0 Å². The molecule has 0 aliphatic heterocycles. The van der Waals surface area contributed by atoms with Gasteiger partial charge in [-0.15, -0.1) is 0 Å². The molecule has 3 rings (SSSR count). The summed E-state index contributed by atoms with van der Waals surface area (Å²) < 4.78 is 0. The summed E-state index contributed by atoms with van der Waals surface area (Å²) in [5.41, 5.74) is 2.17. The highest BCUT2D eigenvalue weighted by Crippen LogP contribution is 2.29. The normalized spacial score (nSPS) is 12.3. The number of nitrogens with zero attached hydrogens (tertiary/aromatic N) is 1. The van der Waals surface area contributed by atoms with Crippen molar-refractivity contribution in [2.24, 2.45) is 0 Å². The van der Waals surface area contributed by atoms with Gasteiger partial charge in [0.05, 0.1) is 10.0 Å². The molecule has 0 aliphatic carbocycles. The van der Waals surface area contributed by atoms with Crippen LogP contribution >= 0.6 is 23.2 Å². The van der Waals surface area contributed by atoms with Crippen molar-refractivity contribution in [1.29, 1.82) is 0 Å². The number of anilines is 1. The van der Waals surface area contributed by atoms with Crippen LogP contribution in [0.3, 0.4) is 0 Å². The van der Waals surface area contributed by atoms with Crippen LogP contribution in [0.1, 0.15) is 18.5 Å². The Hall–Kier alpha value is -1.77. The molecule has 2 nitrogen and oxygen atoms in total. The van der Waals surface area contributed by atoms with E-state index in [-0.39, 0.29) is 6.04 Å². The Labute approximate surface area is 133 Å². The smallest absolute Gasteiger partial charge is 0.0595 e. The zero-order valence-corrected chi connectivity index (χ0v) is 13.0. The zero-order chi connectivity index (χ0) is 14.8. The third-order valence-electron chi connectivity index (χ3n) is 3.50. The molecule has 3 aromatic rings. The van der Waals surface area contributed by atoms with Crippen molar-refractivity contribution in [2.75, 3.05) is 5.32 Å². The number of rotatable bonds is 3. The molecule has 1 atom stereocenters. The Bertz CT molecular complexity index is 781. The monoisotopic (exact) mass is 316 g/mol. The van der Waals surface area contributed by atoms with Gasteiger partial charge in [0.1, 0.15) is 0 Å². The SMILES string of the molecule is CC(Nc1cccc2cnccc12)c1ccc(Cl)c(Cl)c1. The van der Waals surface area contributed by atoms with Crippen molar-refractivity contribution in [1.82, 2.24) is 4.98 Å². The molecule has 4 heteroatoms. The first-order valence-electron chi connectivity index (χ1n) is 6.69. The Morgan fingerprint density at radius 1 is 1.05 bits per heavy atom. The molecule has 0 aliphatic rings. The molecular weight excluding hydrogens is 303 g/mol. The maximum Gasteiger partial charge on any atom is 0.0595 e. The lowest BCUT2D eigenvalue weighted by Gasteiger charge is -2.17. The second-order valence-corrected chi connectivity index (χ2v) is 5.76. The molecule has 0 saturated heterocycles. The first-order chi connectivity index (χ1) is 10.1. The van der Waals surface area contributed by atoms with E-state index in [1.54, 1.807) is 6.20 Å². The first-order valence-corrected chi connectivity index (χ1v) is 7.45. The van der Waals surface area contributed by atoms with Crippen LogP contribution in [0.2, 0.25) is 10.0 Å². The molecule has 21 heavy (non-hydrogen) atoms. The van der Waals surface area contributed by atoms with E-state index >= 15 is 0 Å². The van der Waals surface area contributed by atoms with Crippen LogP contribution in [-0.4, -0.2) is 4.98 Å². The van der Waals surface area contributed by atoms with Crippen LogP contribution in [0.4, 0.5) is 5.69 Å². The van der Waals surface area contributed by atoms with Gasteiger partial charge in [0.2, 0.25) is 0 Å². The second-order valence-electron chi connectivity index (χ2n) is 4.94. The third-order valence-corrected chi connectivity index (χ3v) is 4.24. The lowest BCUT2D eigenvalue weighted by Crippen LogP contribution is -2.07. The molecule has 0 saturated carbocycles. The van der Waals surface area contributed by atoms with E-state index in [2.05, 4.69) is 29.4 Å². The van der Waals surface area contributed by atoms with Gasteiger partial charge in [-0.05, 0) is 36.8 Å². The van der Waals surface area contributed by atoms with E-state index in [0.29, 0.717) is 10.0 Å². The van der Waals surface area contributed by atoms with E-state index < -0.39 is 0 Å². The van der Waals surface area contributed by atoms with Crippen LogP contribution in [-0.2, 0) is 0 Å². The number of nitrogens with one attached hydrogen (secondary N) is 1. The average molecular weight is 317 g/mol. The second kappa shape index (κ2) is 5.92. The van der Waals surface area contributed by atoms with Gasteiger partial charge in [-0.1, -0.05) is 41.4 Å². The summed E-state index contributed by atoms with van der Waals surface area (Å²) in [6, 6.07) is 14.0. The molecule has 1 aromatic heterocycles. The number of aromatic nitrogens is 1. The minimum atomic E-state index is 0.124. The number of hydrogen-bond donors (Lipinski definition) is 1. The Morgan fingerprint density at radius 2 is 1.90 bits per heavy atom. The molecule has 1 heterocycles.